The molecule has 0 unspecified atom stereocenters. The molecule has 4 nitrogen and oxygen atoms in total. The summed E-state index contributed by atoms with van der Waals surface area (Å²) in [6, 6.07) is 0.795. The summed E-state index contributed by atoms with van der Waals surface area (Å²) in [6.45, 7) is 0.358. The topological polar surface area (TPSA) is 49.8 Å². The molecule has 2 aromatic rings. The SMILES string of the molecule is CNc1nc(NCc2nccs2)c(F)cc1F. The lowest BCUT2D eigenvalue weighted by Crippen LogP contribution is -2.06. The second-order valence-corrected chi connectivity index (χ2v) is 4.16. The number of halogens is 2. The van der Waals surface area contributed by atoms with E-state index in [0.29, 0.717) is 6.54 Å². The van der Waals surface area contributed by atoms with Crippen LogP contribution in [0.1, 0.15) is 5.01 Å². The molecule has 0 aliphatic heterocycles. The number of nitrogens with one attached hydrogen (secondary N) is 2. The Bertz CT molecular complexity index is 501. The lowest BCUT2D eigenvalue weighted by molar-refractivity contribution is 0.578. The van der Waals surface area contributed by atoms with E-state index >= 15 is 0 Å². The number of pyridine rings is 1. The Morgan fingerprint density at radius 1 is 1.29 bits per heavy atom. The maximum Gasteiger partial charge on any atom is 0.168 e. The van der Waals surface area contributed by atoms with Crippen LogP contribution >= 0.6 is 11.3 Å². The molecular formula is C10H10F2N4S. The fraction of sp³-hybridized carbons (Fsp3) is 0.200. The molecule has 0 fully saturated rings. The van der Waals surface area contributed by atoms with Gasteiger partial charge in [0.05, 0.1) is 6.54 Å². The van der Waals surface area contributed by atoms with E-state index in [1.807, 2.05) is 5.38 Å². The Labute approximate surface area is 101 Å². The van der Waals surface area contributed by atoms with Gasteiger partial charge in [0, 0.05) is 24.7 Å². The van der Waals surface area contributed by atoms with Gasteiger partial charge >= 0.3 is 0 Å². The van der Waals surface area contributed by atoms with Gasteiger partial charge in [-0.3, -0.25) is 0 Å². The van der Waals surface area contributed by atoms with Gasteiger partial charge in [0.2, 0.25) is 0 Å². The van der Waals surface area contributed by atoms with Gasteiger partial charge in [-0.25, -0.2) is 18.7 Å². The Hall–Kier alpha value is -1.76. The number of hydrogen-bond donors (Lipinski definition) is 2. The first-order valence-corrected chi connectivity index (χ1v) is 5.74. The molecule has 0 saturated carbocycles. The molecule has 0 aliphatic carbocycles. The number of nitrogens with zero attached hydrogens (tertiary/aromatic N) is 2. The van der Waals surface area contributed by atoms with E-state index < -0.39 is 11.6 Å². The van der Waals surface area contributed by atoms with Crippen LogP contribution in [-0.2, 0) is 6.54 Å². The van der Waals surface area contributed by atoms with E-state index in [9.17, 15) is 8.78 Å². The molecule has 2 aromatic heterocycles. The van der Waals surface area contributed by atoms with Gasteiger partial charge in [0.1, 0.15) is 5.01 Å². The fourth-order valence-corrected chi connectivity index (χ4v) is 1.82. The summed E-state index contributed by atoms with van der Waals surface area (Å²) in [6.07, 6.45) is 1.66. The Morgan fingerprint density at radius 2 is 2.06 bits per heavy atom. The molecule has 2 rings (SSSR count). The van der Waals surface area contributed by atoms with Gasteiger partial charge in [0.25, 0.3) is 0 Å². The minimum atomic E-state index is -0.724. The second-order valence-electron chi connectivity index (χ2n) is 3.18. The van der Waals surface area contributed by atoms with Gasteiger partial charge in [-0.05, 0) is 0 Å². The van der Waals surface area contributed by atoms with E-state index in [2.05, 4.69) is 20.6 Å². The van der Waals surface area contributed by atoms with Gasteiger partial charge in [-0.2, -0.15) is 0 Å². The molecular weight excluding hydrogens is 246 g/mol. The summed E-state index contributed by atoms with van der Waals surface area (Å²) in [5.74, 6) is -1.43. The summed E-state index contributed by atoms with van der Waals surface area (Å²) >= 11 is 1.45. The average molecular weight is 256 g/mol. The highest BCUT2D eigenvalue weighted by Crippen LogP contribution is 2.19. The van der Waals surface area contributed by atoms with Gasteiger partial charge in [-0.15, -0.1) is 11.3 Å². The van der Waals surface area contributed by atoms with Crippen molar-refractivity contribution in [1.29, 1.82) is 0 Å². The van der Waals surface area contributed by atoms with Crippen LogP contribution in [0, 0.1) is 11.6 Å². The second kappa shape index (κ2) is 5.05. The van der Waals surface area contributed by atoms with Crippen LogP contribution in [0.4, 0.5) is 20.4 Å². The Kier molecular flexibility index (Phi) is 3.48. The maximum absolute atomic E-state index is 13.4. The molecule has 0 radical (unpaired) electrons. The first-order valence-electron chi connectivity index (χ1n) is 4.86. The molecule has 17 heavy (non-hydrogen) atoms. The van der Waals surface area contributed by atoms with Crippen molar-refractivity contribution in [3.63, 3.8) is 0 Å². The van der Waals surface area contributed by atoms with Crippen LogP contribution in [-0.4, -0.2) is 17.0 Å². The lowest BCUT2D eigenvalue weighted by Gasteiger charge is -2.08. The first-order chi connectivity index (χ1) is 8.20. The van der Waals surface area contributed by atoms with E-state index in [4.69, 9.17) is 0 Å². The average Bonchev–Trinajstić information content (AvgIpc) is 2.81. The van der Waals surface area contributed by atoms with Crippen LogP contribution in [0.5, 0.6) is 0 Å². The molecule has 0 saturated heterocycles. The number of aromatic nitrogens is 2. The number of anilines is 2. The van der Waals surface area contributed by atoms with E-state index in [1.165, 1.54) is 18.4 Å². The summed E-state index contributed by atoms with van der Waals surface area (Å²) in [5, 5.41) is 7.95. The van der Waals surface area contributed by atoms with Crippen molar-refractivity contribution in [3.05, 3.63) is 34.3 Å². The summed E-state index contributed by atoms with van der Waals surface area (Å²) in [7, 11) is 1.52. The zero-order valence-corrected chi connectivity index (χ0v) is 9.81. The van der Waals surface area contributed by atoms with Crippen molar-refractivity contribution >= 4 is 23.0 Å². The quantitative estimate of drug-likeness (QED) is 0.882. The van der Waals surface area contributed by atoms with Crippen LogP contribution in [0.25, 0.3) is 0 Å². The minimum absolute atomic E-state index is 0.00551. The van der Waals surface area contributed by atoms with Crippen molar-refractivity contribution < 1.29 is 8.78 Å². The van der Waals surface area contributed by atoms with Crippen LogP contribution in [0.15, 0.2) is 17.6 Å². The smallest absolute Gasteiger partial charge is 0.168 e. The van der Waals surface area contributed by atoms with E-state index in [-0.39, 0.29) is 11.6 Å². The Morgan fingerprint density at radius 3 is 2.71 bits per heavy atom. The number of hydrogen-bond acceptors (Lipinski definition) is 5. The summed E-state index contributed by atoms with van der Waals surface area (Å²) in [4.78, 5) is 7.83. The number of thiazole rings is 1. The zero-order chi connectivity index (χ0) is 12.3. The highest BCUT2D eigenvalue weighted by atomic mass is 32.1. The molecule has 90 valence electrons. The molecule has 7 heteroatoms. The molecule has 0 atom stereocenters. The predicted octanol–water partition coefficient (Wildman–Crippen LogP) is 2.47. The highest BCUT2D eigenvalue weighted by Gasteiger charge is 2.10. The molecule has 0 bridgehead atoms. The van der Waals surface area contributed by atoms with Crippen molar-refractivity contribution in [3.8, 4) is 0 Å². The third-order valence-corrected chi connectivity index (χ3v) is 2.84. The first kappa shape index (κ1) is 11.7. The van der Waals surface area contributed by atoms with Crippen molar-refractivity contribution in [2.45, 2.75) is 6.54 Å². The highest BCUT2D eigenvalue weighted by molar-refractivity contribution is 7.09. The maximum atomic E-state index is 13.4. The van der Waals surface area contributed by atoms with Crippen LogP contribution in [0.2, 0.25) is 0 Å². The lowest BCUT2D eigenvalue weighted by atomic mass is 10.4. The van der Waals surface area contributed by atoms with E-state index in [0.717, 1.165) is 11.1 Å². The molecule has 0 spiro atoms. The summed E-state index contributed by atoms with van der Waals surface area (Å²) in [5.41, 5.74) is 0. The van der Waals surface area contributed by atoms with Gasteiger partial charge < -0.3 is 10.6 Å². The minimum Gasteiger partial charge on any atom is -0.371 e. The monoisotopic (exact) mass is 256 g/mol. The van der Waals surface area contributed by atoms with Gasteiger partial charge in [0.15, 0.2) is 23.3 Å². The standard InChI is InChI=1S/C10H10F2N4S/c1-13-9-6(11)4-7(12)10(16-9)15-5-8-14-2-3-17-8/h2-4H,5H2,1H3,(H2,13,15,16). The summed E-state index contributed by atoms with van der Waals surface area (Å²) < 4.78 is 26.5. The van der Waals surface area contributed by atoms with Crippen molar-refractivity contribution in [1.82, 2.24) is 9.97 Å². The fourth-order valence-electron chi connectivity index (χ4n) is 1.27. The molecule has 2 N–H and O–H groups in total. The molecule has 0 aromatic carbocycles. The normalized spacial score (nSPS) is 10.3. The Balaban J connectivity index is 2.15. The third-order valence-electron chi connectivity index (χ3n) is 2.06. The largest absolute Gasteiger partial charge is 0.371 e. The van der Waals surface area contributed by atoms with Gasteiger partial charge in [-0.1, -0.05) is 0 Å². The third kappa shape index (κ3) is 2.68. The van der Waals surface area contributed by atoms with Crippen LogP contribution < -0.4 is 10.6 Å². The van der Waals surface area contributed by atoms with Crippen molar-refractivity contribution in [2.75, 3.05) is 17.7 Å². The predicted molar refractivity (Wildman–Crippen MR) is 63.1 cm³/mol. The molecule has 0 aliphatic rings. The molecule has 2 heterocycles. The zero-order valence-electron chi connectivity index (χ0n) is 9.00. The van der Waals surface area contributed by atoms with Crippen LogP contribution in [0.3, 0.4) is 0 Å². The van der Waals surface area contributed by atoms with Crippen molar-refractivity contribution in [2.24, 2.45) is 0 Å². The number of rotatable bonds is 4. The molecule has 0 amide bonds. The van der Waals surface area contributed by atoms with E-state index in [1.54, 1.807) is 6.20 Å².